The Morgan fingerprint density at radius 3 is 2.04 bits per heavy atom. The number of amides is 2. The minimum atomic E-state index is -0.623. The molecule has 2 N–H and O–H groups in total. The molecule has 0 saturated carbocycles. The summed E-state index contributed by atoms with van der Waals surface area (Å²) in [6.07, 6.45) is 24.6. The Balaban J connectivity index is 0.00000281. The first-order valence-electron chi connectivity index (χ1n) is 19.9. The Morgan fingerprint density at radius 2 is 1.47 bits per heavy atom. The van der Waals surface area contributed by atoms with Gasteiger partial charge in [-0.15, -0.1) is 6.58 Å². The number of benzene rings is 1. The molecule has 2 amide bonds. The van der Waals surface area contributed by atoms with E-state index in [4.69, 9.17) is 4.98 Å². The van der Waals surface area contributed by atoms with E-state index in [1.54, 1.807) is 37.3 Å². The molecule has 0 spiro atoms. The van der Waals surface area contributed by atoms with Crippen molar-refractivity contribution in [1.82, 2.24) is 20.5 Å². The normalized spacial score (nSPS) is 16.7. The lowest BCUT2D eigenvalue weighted by Gasteiger charge is -2.34. The van der Waals surface area contributed by atoms with Crippen molar-refractivity contribution in [3.05, 3.63) is 174 Å². The summed E-state index contributed by atoms with van der Waals surface area (Å²) in [5, 5.41) is 6.27. The molecule has 3 heterocycles. The van der Waals surface area contributed by atoms with Gasteiger partial charge in [-0.3, -0.25) is 14.5 Å². The summed E-state index contributed by atoms with van der Waals surface area (Å²) in [6.45, 7) is 28.4. The Morgan fingerprint density at radius 1 is 0.842 bits per heavy atom. The highest BCUT2D eigenvalue weighted by Gasteiger charge is 2.25. The van der Waals surface area contributed by atoms with Gasteiger partial charge < -0.3 is 15.5 Å². The lowest BCUT2D eigenvalue weighted by Crippen LogP contribution is -2.45. The van der Waals surface area contributed by atoms with Crippen LogP contribution in [0.25, 0.3) is 5.57 Å². The third-order valence-electron chi connectivity index (χ3n) is 10.0. The molecule has 0 bridgehead atoms. The van der Waals surface area contributed by atoms with E-state index in [0.29, 0.717) is 16.7 Å². The minimum Gasteiger partial charge on any atom is -0.356 e. The van der Waals surface area contributed by atoms with Crippen LogP contribution >= 0.6 is 0 Å². The van der Waals surface area contributed by atoms with Crippen LogP contribution in [-0.4, -0.2) is 60.0 Å². The molecule has 2 fully saturated rings. The SMILES string of the molecule is C=CC.C=C\C(C(=O)NC1CCN(c2ccc(CN3CCC(NC(=O)c4ccc(C)c(/C(C=C)=C/C=C\C)c4)CC3)cn2)CC1)=C(F)/C(=C\C)C(/C=C)=C/C=C\C. The maximum atomic E-state index is 15.6. The third kappa shape index (κ3) is 13.5. The monoisotopic (exact) mass is 771 g/mol. The smallest absolute Gasteiger partial charge is 0.254 e. The lowest BCUT2D eigenvalue weighted by atomic mass is 9.96. The predicted molar refractivity (Wildman–Crippen MR) is 239 cm³/mol. The van der Waals surface area contributed by atoms with Crippen LogP contribution in [0.3, 0.4) is 0 Å². The number of aromatic nitrogens is 1. The zero-order valence-corrected chi connectivity index (χ0v) is 34.7. The number of likely N-dealkylation sites (tertiary alicyclic amines) is 1. The van der Waals surface area contributed by atoms with E-state index < -0.39 is 11.7 Å². The number of carbonyl (C=O) groups excluding carboxylic acids is 2. The molecule has 2 aromatic rings. The Hall–Kier alpha value is -5.60. The van der Waals surface area contributed by atoms with Crippen LogP contribution in [0.2, 0.25) is 0 Å². The maximum absolute atomic E-state index is 15.6. The minimum absolute atomic E-state index is 0.0446. The van der Waals surface area contributed by atoms with E-state index in [1.165, 1.54) is 6.08 Å². The summed E-state index contributed by atoms with van der Waals surface area (Å²) in [4.78, 5) is 35.8. The number of hydrogen-bond acceptors (Lipinski definition) is 5. The number of hydrogen-bond donors (Lipinski definition) is 2. The molecule has 0 unspecified atom stereocenters. The van der Waals surface area contributed by atoms with Crippen molar-refractivity contribution in [3.63, 3.8) is 0 Å². The first kappa shape index (κ1) is 45.8. The second-order valence-electron chi connectivity index (χ2n) is 14.1. The fourth-order valence-corrected chi connectivity index (χ4v) is 6.83. The summed E-state index contributed by atoms with van der Waals surface area (Å²) in [5.74, 6) is -0.235. The molecule has 2 aliphatic rings. The number of piperidine rings is 2. The van der Waals surface area contributed by atoms with Crippen molar-refractivity contribution >= 4 is 23.2 Å². The van der Waals surface area contributed by atoms with Crippen molar-refractivity contribution in [2.24, 2.45) is 0 Å². The van der Waals surface area contributed by atoms with Gasteiger partial charge in [-0.2, -0.15) is 0 Å². The van der Waals surface area contributed by atoms with E-state index in [-0.39, 0.29) is 23.6 Å². The van der Waals surface area contributed by atoms with Crippen molar-refractivity contribution in [1.29, 1.82) is 0 Å². The van der Waals surface area contributed by atoms with Gasteiger partial charge in [0.25, 0.3) is 11.8 Å². The number of aryl methyl sites for hydroxylation is 1. The first-order chi connectivity index (χ1) is 27.6. The van der Waals surface area contributed by atoms with Gasteiger partial charge in [-0.25, -0.2) is 9.37 Å². The molecular formula is C49H62FN5O2. The van der Waals surface area contributed by atoms with Gasteiger partial charge in [0.1, 0.15) is 11.6 Å². The van der Waals surface area contributed by atoms with Gasteiger partial charge in [-0.1, -0.05) is 98.7 Å². The maximum Gasteiger partial charge on any atom is 0.254 e. The summed E-state index contributed by atoms with van der Waals surface area (Å²) in [5.41, 5.74) is 5.71. The molecule has 2 aliphatic heterocycles. The average molecular weight is 772 g/mol. The highest BCUT2D eigenvalue weighted by Crippen LogP contribution is 2.27. The average Bonchev–Trinajstić information content (AvgIpc) is 3.22. The predicted octanol–water partition coefficient (Wildman–Crippen LogP) is 10.3. The van der Waals surface area contributed by atoms with Crippen LogP contribution in [0.5, 0.6) is 0 Å². The van der Waals surface area contributed by atoms with Gasteiger partial charge in [0, 0.05) is 62.1 Å². The number of halogens is 1. The van der Waals surface area contributed by atoms with Crippen LogP contribution < -0.4 is 15.5 Å². The van der Waals surface area contributed by atoms with E-state index in [1.807, 2.05) is 82.5 Å². The van der Waals surface area contributed by atoms with Crippen molar-refractivity contribution in [2.45, 2.75) is 78.9 Å². The molecule has 0 radical (unpaired) electrons. The van der Waals surface area contributed by atoms with Crippen molar-refractivity contribution in [3.8, 4) is 0 Å². The van der Waals surface area contributed by atoms with Crippen LogP contribution in [0.15, 0.2) is 152 Å². The van der Waals surface area contributed by atoms with Crippen molar-refractivity contribution < 1.29 is 14.0 Å². The second kappa shape index (κ2) is 24.1. The zero-order chi connectivity index (χ0) is 41.7. The number of carbonyl (C=O) groups is 2. The Labute approximate surface area is 341 Å². The molecule has 0 aliphatic carbocycles. The van der Waals surface area contributed by atoms with E-state index >= 15 is 4.39 Å². The van der Waals surface area contributed by atoms with Crippen LogP contribution in [0, 0.1) is 6.92 Å². The number of anilines is 1. The molecule has 1 aromatic heterocycles. The fraction of sp³-hybridized carbons (Fsp3) is 0.327. The summed E-state index contributed by atoms with van der Waals surface area (Å²) >= 11 is 0. The van der Waals surface area contributed by atoms with E-state index in [2.05, 4.69) is 58.9 Å². The molecular weight excluding hydrogens is 710 g/mol. The lowest BCUT2D eigenvalue weighted by molar-refractivity contribution is -0.118. The highest BCUT2D eigenvalue weighted by molar-refractivity contribution is 5.98. The van der Waals surface area contributed by atoms with Crippen LogP contribution in [-0.2, 0) is 11.3 Å². The number of nitrogens with one attached hydrogen (secondary N) is 2. The van der Waals surface area contributed by atoms with Gasteiger partial charge in [0.15, 0.2) is 0 Å². The zero-order valence-electron chi connectivity index (χ0n) is 34.7. The summed E-state index contributed by atoms with van der Waals surface area (Å²) < 4.78 is 15.6. The largest absolute Gasteiger partial charge is 0.356 e. The molecule has 1 aromatic carbocycles. The number of pyridine rings is 1. The number of nitrogens with zero attached hydrogens (tertiary/aromatic N) is 3. The number of allylic oxidation sites excluding steroid dienone is 14. The Kier molecular flexibility index (Phi) is 19.4. The molecule has 57 heavy (non-hydrogen) atoms. The topological polar surface area (TPSA) is 77.6 Å². The molecule has 2 saturated heterocycles. The Bertz CT molecular complexity index is 1900. The van der Waals surface area contributed by atoms with E-state index in [0.717, 1.165) is 86.5 Å². The van der Waals surface area contributed by atoms with Crippen LogP contribution in [0.4, 0.5) is 10.2 Å². The first-order valence-corrected chi connectivity index (χ1v) is 19.9. The second-order valence-corrected chi connectivity index (χ2v) is 14.1. The van der Waals surface area contributed by atoms with Gasteiger partial charge in [0.2, 0.25) is 0 Å². The highest BCUT2D eigenvalue weighted by atomic mass is 19.1. The third-order valence-corrected chi connectivity index (χ3v) is 10.0. The molecule has 4 rings (SSSR count). The van der Waals surface area contributed by atoms with Gasteiger partial charge in [0.05, 0.1) is 5.57 Å². The standard InChI is InChI=1S/C46H56FN5O2.C3H6/c1-8-14-16-35(10-3)40(12-5)44(47)41(13-6)46(54)50-39-24-28-52(29-25-39)43-21-19-34(31-48-43)32-51-26-22-38(23-27-51)49-45(53)37-20-18-33(7)42(30-37)36(11-4)17-15-9-2;1-3-2/h8-21,30-31,38-39H,3-4,6,22-29,32H2,1-2,5,7H3,(H,49,53)(H,50,54);3H,1H2,2H3/b14-8-,15-9-,35-16+,36-17+,40-12-,44-41-;. The van der Waals surface area contributed by atoms with E-state index in [9.17, 15) is 9.59 Å². The molecule has 8 heteroatoms. The summed E-state index contributed by atoms with van der Waals surface area (Å²) in [7, 11) is 0. The number of rotatable bonds is 15. The fourth-order valence-electron chi connectivity index (χ4n) is 6.83. The summed E-state index contributed by atoms with van der Waals surface area (Å²) in [6, 6.07) is 10.1. The van der Waals surface area contributed by atoms with Crippen LogP contribution in [0.1, 0.15) is 80.4 Å². The molecule has 302 valence electrons. The quantitative estimate of drug-likeness (QED) is 0.107. The molecule has 0 atom stereocenters. The van der Waals surface area contributed by atoms with Gasteiger partial charge in [-0.05, 0) is 106 Å². The van der Waals surface area contributed by atoms with Gasteiger partial charge >= 0.3 is 0 Å². The van der Waals surface area contributed by atoms with Crippen molar-refractivity contribution in [2.75, 3.05) is 31.1 Å². The molecule has 7 nitrogen and oxygen atoms in total.